The molecule has 1 aliphatic rings. The van der Waals surface area contributed by atoms with Gasteiger partial charge >= 0.3 is 0 Å². The fourth-order valence-corrected chi connectivity index (χ4v) is 3.55. The second-order valence-corrected chi connectivity index (χ2v) is 6.86. The van der Waals surface area contributed by atoms with E-state index in [0.717, 1.165) is 31.6 Å². The van der Waals surface area contributed by atoms with E-state index in [4.69, 9.17) is 16.1 Å². The molecule has 130 valence electrons. The van der Waals surface area contributed by atoms with Gasteiger partial charge in [-0.05, 0) is 37.6 Å². The molecule has 1 unspecified atom stereocenters. The lowest BCUT2D eigenvalue weighted by atomic mass is 9.95. The molecule has 1 saturated heterocycles. The lowest BCUT2D eigenvalue weighted by Gasteiger charge is -2.31. The number of aromatic nitrogens is 4. The number of hydrogen-bond donors (Lipinski definition) is 1. The van der Waals surface area contributed by atoms with Crippen LogP contribution in [-0.2, 0) is 6.42 Å². The standard InChI is InChI=1S/C18H20ClN5O/c19-15-5-1-3-13(11-15)18-21-17(25-23-18)7-10-24-9-2-4-14(12-24)16-6-8-20-22-16/h1,3,5-6,8,11,14H,2,4,7,9-10,12H2,(H,20,22). The lowest BCUT2D eigenvalue weighted by molar-refractivity contribution is 0.202. The zero-order valence-electron chi connectivity index (χ0n) is 13.9. The summed E-state index contributed by atoms with van der Waals surface area (Å²) in [4.78, 5) is 6.95. The fourth-order valence-electron chi connectivity index (χ4n) is 3.36. The van der Waals surface area contributed by atoms with Gasteiger partial charge in [-0.2, -0.15) is 10.1 Å². The quantitative estimate of drug-likeness (QED) is 0.756. The van der Waals surface area contributed by atoms with Crippen molar-refractivity contribution in [1.29, 1.82) is 0 Å². The van der Waals surface area contributed by atoms with E-state index in [2.05, 4.69) is 31.3 Å². The molecule has 0 aliphatic carbocycles. The molecule has 0 bridgehead atoms. The van der Waals surface area contributed by atoms with Crippen molar-refractivity contribution in [2.24, 2.45) is 0 Å². The molecule has 2 aromatic heterocycles. The number of rotatable bonds is 5. The number of piperidine rings is 1. The van der Waals surface area contributed by atoms with Crippen LogP contribution in [0.1, 0.15) is 30.3 Å². The number of aromatic amines is 1. The molecule has 0 spiro atoms. The van der Waals surface area contributed by atoms with E-state index in [1.54, 1.807) is 0 Å². The monoisotopic (exact) mass is 357 g/mol. The highest BCUT2D eigenvalue weighted by atomic mass is 35.5. The van der Waals surface area contributed by atoms with Gasteiger partial charge in [0, 0.05) is 47.9 Å². The Bertz CT molecular complexity index is 817. The average Bonchev–Trinajstić information content (AvgIpc) is 3.32. The SMILES string of the molecule is Clc1cccc(-c2noc(CCN3CCCC(c4ccn[nH]4)C3)n2)c1. The van der Waals surface area contributed by atoms with Crippen LogP contribution in [0.15, 0.2) is 41.1 Å². The Morgan fingerprint density at radius 1 is 1.32 bits per heavy atom. The third-order valence-electron chi connectivity index (χ3n) is 4.66. The summed E-state index contributed by atoms with van der Waals surface area (Å²) in [5, 5.41) is 11.9. The molecule has 7 heteroatoms. The highest BCUT2D eigenvalue weighted by molar-refractivity contribution is 6.30. The zero-order chi connectivity index (χ0) is 17.1. The van der Waals surface area contributed by atoms with E-state index in [1.807, 2.05) is 30.5 Å². The van der Waals surface area contributed by atoms with Gasteiger partial charge in [0.05, 0.1) is 0 Å². The summed E-state index contributed by atoms with van der Waals surface area (Å²) in [5.74, 6) is 1.78. The van der Waals surface area contributed by atoms with Crippen molar-refractivity contribution in [3.63, 3.8) is 0 Å². The highest BCUT2D eigenvalue weighted by Crippen LogP contribution is 2.25. The molecular weight excluding hydrogens is 338 g/mol. The van der Waals surface area contributed by atoms with Crippen molar-refractivity contribution in [2.75, 3.05) is 19.6 Å². The first-order chi connectivity index (χ1) is 12.3. The first-order valence-electron chi connectivity index (χ1n) is 8.58. The molecule has 1 aliphatic heterocycles. The Morgan fingerprint density at radius 2 is 2.28 bits per heavy atom. The van der Waals surface area contributed by atoms with Gasteiger partial charge in [-0.3, -0.25) is 5.10 Å². The minimum absolute atomic E-state index is 0.529. The molecule has 4 rings (SSSR count). The van der Waals surface area contributed by atoms with E-state index in [-0.39, 0.29) is 0 Å². The fraction of sp³-hybridized carbons (Fsp3) is 0.389. The van der Waals surface area contributed by atoms with E-state index in [9.17, 15) is 0 Å². The van der Waals surface area contributed by atoms with Crippen molar-refractivity contribution in [3.05, 3.63) is 53.1 Å². The molecule has 6 nitrogen and oxygen atoms in total. The third-order valence-corrected chi connectivity index (χ3v) is 4.90. The molecule has 0 radical (unpaired) electrons. The second-order valence-electron chi connectivity index (χ2n) is 6.42. The summed E-state index contributed by atoms with van der Waals surface area (Å²) < 4.78 is 5.40. The van der Waals surface area contributed by atoms with Crippen molar-refractivity contribution >= 4 is 11.6 Å². The number of nitrogens with one attached hydrogen (secondary N) is 1. The van der Waals surface area contributed by atoms with Crippen molar-refractivity contribution in [3.8, 4) is 11.4 Å². The molecule has 1 aromatic carbocycles. The van der Waals surface area contributed by atoms with Crippen LogP contribution in [0.25, 0.3) is 11.4 Å². The van der Waals surface area contributed by atoms with Crippen LogP contribution in [0.2, 0.25) is 5.02 Å². The normalized spacial score (nSPS) is 18.5. The number of halogens is 1. The van der Waals surface area contributed by atoms with Crippen molar-refractivity contribution in [2.45, 2.75) is 25.2 Å². The van der Waals surface area contributed by atoms with Crippen LogP contribution >= 0.6 is 11.6 Å². The van der Waals surface area contributed by atoms with Crippen LogP contribution in [0.4, 0.5) is 0 Å². The predicted octanol–water partition coefficient (Wildman–Crippen LogP) is 3.54. The van der Waals surface area contributed by atoms with E-state index in [0.29, 0.717) is 22.7 Å². The molecule has 3 heterocycles. The minimum atomic E-state index is 0.529. The second kappa shape index (κ2) is 7.37. The predicted molar refractivity (Wildman–Crippen MR) is 95.5 cm³/mol. The van der Waals surface area contributed by atoms with Gasteiger partial charge in [-0.15, -0.1) is 0 Å². The summed E-state index contributed by atoms with van der Waals surface area (Å²) in [7, 11) is 0. The molecule has 1 atom stereocenters. The summed E-state index contributed by atoms with van der Waals surface area (Å²) in [5.41, 5.74) is 2.10. The van der Waals surface area contributed by atoms with Crippen LogP contribution in [0.3, 0.4) is 0 Å². The summed E-state index contributed by atoms with van der Waals surface area (Å²) in [6.45, 7) is 3.07. The molecular formula is C18H20ClN5O. The lowest BCUT2D eigenvalue weighted by Crippen LogP contribution is -2.36. The summed E-state index contributed by atoms with van der Waals surface area (Å²) >= 11 is 6.02. The van der Waals surface area contributed by atoms with Crippen molar-refractivity contribution < 1.29 is 4.52 Å². The van der Waals surface area contributed by atoms with E-state index < -0.39 is 0 Å². The van der Waals surface area contributed by atoms with Crippen LogP contribution in [0.5, 0.6) is 0 Å². The van der Waals surface area contributed by atoms with Gasteiger partial charge in [-0.1, -0.05) is 28.9 Å². The number of hydrogen-bond acceptors (Lipinski definition) is 5. The van der Waals surface area contributed by atoms with Crippen LogP contribution in [-0.4, -0.2) is 44.9 Å². The van der Waals surface area contributed by atoms with Crippen LogP contribution < -0.4 is 0 Å². The van der Waals surface area contributed by atoms with Gasteiger partial charge in [0.2, 0.25) is 11.7 Å². The Labute approximate surface area is 151 Å². The molecule has 25 heavy (non-hydrogen) atoms. The number of benzene rings is 1. The Hall–Kier alpha value is -2.18. The van der Waals surface area contributed by atoms with Gasteiger partial charge in [0.15, 0.2) is 0 Å². The molecule has 0 saturated carbocycles. The van der Waals surface area contributed by atoms with Gasteiger partial charge in [0.1, 0.15) is 0 Å². The molecule has 3 aromatic rings. The van der Waals surface area contributed by atoms with Gasteiger partial charge in [0.25, 0.3) is 0 Å². The average molecular weight is 358 g/mol. The first-order valence-corrected chi connectivity index (χ1v) is 8.96. The topological polar surface area (TPSA) is 70.8 Å². The minimum Gasteiger partial charge on any atom is -0.339 e. The van der Waals surface area contributed by atoms with Gasteiger partial charge < -0.3 is 9.42 Å². The Balaban J connectivity index is 1.35. The number of H-pyrrole nitrogens is 1. The molecule has 1 N–H and O–H groups in total. The molecule has 1 fully saturated rings. The van der Waals surface area contributed by atoms with Crippen molar-refractivity contribution in [1.82, 2.24) is 25.2 Å². The van der Waals surface area contributed by atoms with E-state index >= 15 is 0 Å². The molecule has 0 amide bonds. The third kappa shape index (κ3) is 3.91. The maximum Gasteiger partial charge on any atom is 0.228 e. The number of likely N-dealkylation sites (tertiary alicyclic amines) is 1. The maximum atomic E-state index is 6.02. The Morgan fingerprint density at radius 3 is 3.12 bits per heavy atom. The zero-order valence-corrected chi connectivity index (χ0v) is 14.6. The smallest absolute Gasteiger partial charge is 0.228 e. The largest absolute Gasteiger partial charge is 0.339 e. The maximum absolute atomic E-state index is 6.02. The van der Waals surface area contributed by atoms with E-state index in [1.165, 1.54) is 18.5 Å². The Kier molecular flexibility index (Phi) is 4.81. The highest BCUT2D eigenvalue weighted by Gasteiger charge is 2.22. The number of nitrogens with zero attached hydrogens (tertiary/aromatic N) is 4. The summed E-state index contributed by atoms with van der Waals surface area (Å²) in [6, 6.07) is 9.56. The summed E-state index contributed by atoms with van der Waals surface area (Å²) in [6.07, 6.45) is 4.98. The van der Waals surface area contributed by atoms with Crippen LogP contribution in [0, 0.1) is 0 Å². The first kappa shape index (κ1) is 16.3. The van der Waals surface area contributed by atoms with Gasteiger partial charge in [-0.25, -0.2) is 0 Å².